The lowest BCUT2D eigenvalue weighted by molar-refractivity contribution is 0.459. The van der Waals surface area contributed by atoms with Gasteiger partial charge in [0.15, 0.2) is 0 Å². The molecule has 1 rings (SSSR count). The van der Waals surface area contributed by atoms with E-state index < -0.39 is 0 Å². The third-order valence-corrected chi connectivity index (χ3v) is 6.69. The van der Waals surface area contributed by atoms with Crippen molar-refractivity contribution in [3.8, 4) is 0 Å². The minimum atomic E-state index is 1.11. The predicted octanol–water partition coefficient (Wildman–Crippen LogP) is 10.00. The highest BCUT2D eigenvalue weighted by atomic mass is 14.2. The Morgan fingerprint density at radius 3 is 1.08 bits per heavy atom. The summed E-state index contributed by atoms with van der Waals surface area (Å²) >= 11 is 0. The Hall–Kier alpha value is 0. The van der Waals surface area contributed by atoms with Gasteiger partial charge in [-0.2, -0.15) is 0 Å². The molecule has 0 aromatic rings. The summed E-state index contributed by atoms with van der Waals surface area (Å²) in [6.45, 7) is 2.30. The van der Waals surface area contributed by atoms with Gasteiger partial charge in [0.1, 0.15) is 0 Å². The van der Waals surface area contributed by atoms with Crippen molar-refractivity contribution in [3.63, 3.8) is 0 Å². The summed E-state index contributed by atoms with van der Waals surface area (Å²) in [6.07, 6.45) is 35.9. The van der Waals surface area contributed by atoms with Crippen LogP contribution in [-0.4, -0.2) is 0 Å². The third kappa shape index (κ3) is 16.2. The van der Waals surface area contributed by atoms with Crippen molar-refractivity contribution < 1.29 is 0 Å². The van der Waals surface area contributed by atoms with Crippen LogP contribution in [0.4, 0.5) is 0 Å². The first kappa shape index (κ1) is 24.0. The molecular formula is C26H52. The van der Waals surface area contributed by atoms with E-state index in [0.29, 0.717) is 0 Å². The Bertz CT molecular complexity index is 251. The number of hydrogen-bond donors (Lipinski definition) is 0. The summed E-state index contributed by atoms with van der Waals surface area (Å²) < 4.78 is 0. The van der Waals surface area contributed by atoms with Crippen molar-refractivity contribution in [1.29, 1.82) is 0 Å². The van der Waals surface area contributed by atoms with Gasteiger partial charge in [-0.1, -0.05) is 161 Å². The molecule has 0 radical (unpaired) electrons. The first-order valence-corrected chi connectivity index (χ1v) is 12.9. The molecule has 0 N–H and O–H groups in total. The SMILES string of the molecule is CCCCCCCCCCCCCCCCCCCCCC1CCCC1. The molecule has 0 atom stereocenters. The second-order valence-corrected chi connectivity index (χ2v) is 9.30. The molecule has 26 heavy (non-hydrogen) atoms. The van der Waals surface area contributed by atoms with E-state index in [0.717, 1.165) is 5.92 Å². The molecule has 0 spiro atoms. The van der Waals surface area contributed by atoms with Crippen LogP contribution >= 0.6 is 0 Å². The Labute approximate surface area is 167 Å². The zero-order valence-electron chi connectivity index (χ0n) is 18.5. The molecule has 0 amide bonds. The molecule has 0 aliphatic heterocycles. The topological polar surface area (TPSA) is 0 Å². The Morgan fingerprint density at radius 1 is 0.423 bits per heavy atom. The molecule has 156 valence electrons. The molecule has 1 aliphatic rings. The van der Waals surface area contributed by atoms with Crippen LogP contribution in [0.15, 0.2) is 0 Å². The van der Waals surface area contributed by atoms with Gasteiger partial charge in [-0.05, 0) is 5.92 Å². The summed E-state index contributed by atoms with van der Waals surface area (Å²) in [7, 11) is 0. The number of rotatable bonds is 20. The molecule has 0 nitrogen and oxygen atoms in total. The minimum Gasteiger partial charge on any atom is -0.0654 e. The Morgan fingerprint density at radius 2 is 0.731 bits per heavy atom. The van der Waals surface area contributed by atoms with Crippen molar-refractivity contribution in [2.45, 2.75) is 161 Å². The smallest absolute Gasteiger partial charge is 0.0414 e. The van der Waals surface area contributed by atoms with Gasteiger partial charge in [0.05, 0.1) is 0 Å². The van der Waals surface area contributed by atoms with Gasteiger partial charge in [-0.15, -0.1) is 0 Å². The molecule has 0 heterocycles. The van der Waals surface area contributed by atoms with Crippen molar-refractivity contribution >= 4 is 0 Å². The van der Waals surface area contributed by atoms with Crippen molar-refractivity contribution in [2.75, 3.05) is 0 Å². The minimum absolute atomic E-state index is 1.11. The first-order chi connectivity index (χ1) is 12.9. The van der Waals surface area contributed by atoms with E-state index in [-0.39, 0.29) is 0 Å². The van der Waals surface area contributed by atoms with Crippen LogP contribution in [0.1, 0.15) is 161 Å². The molecular weight excluding hydrogens is 312 g/mol. The largest absolute Gasteiger partial charge is 0.0654 e. The van der Waals surface area contributed by atoms with E-state index in [9.17, 15) is 0 Å². The zero-order valence-corrected chi connectivity index (χ0v) is 18.5. The van der Waals surface area contributed by atoms with E-state index in [1.165, 1.54) is 135 Å². The molecule has 0 bridgehead atoms. The van der Waals surface area contributed by atoms with Gasteiger partial charge < -0.3 is 0 Å². The van der Waals surface area contributed by atoms with Gasteiger partial charge in [0, 0.05) is 0 Å². The molecule has 0 heteroatoms. The molecule has 1 fully saturated rings. The highest BCUT2D eigenvalue weighted by molar-refractivity contribution is 4.67. The first-order valence-electron chi connectivity index (χ1n) is 12.9. The van der Waals surface area contributed by atoms with Gasteiger partial charge in [-0.25, -0.2) is 0 Å². The molecule has 0 aromatic heterocycles. The van der Waals surface area contributed by atoms with Crippen LogP contribution in [0.2, 0.25) is 0 Å². The number of hydrogen-bond acceptors (Lipinski definition) is 0. The number of unbranched alkanes of at least 4 members (excludes halogenated alkanes) is 18. The fourth-order valence-corrected chi connectivity index (χ4v) is 4.81. The van der Waals surface area contributed by atoms with Crippen LogP contribution < -0.4 is 0 Å². The van der Waals surface area contributed by atoms with E-state index in [4.69, 9.17) is 0 Å². The van der Waals surface area contributed by atoms with Crippen LogP contribution in [0, 0.1) is 5.92 Å². The summed E-state index contributed by atoms with van der Waals surface area (Å²) in [6, 6.07) is 0. The molecule has 0 aromatic carbocycles. The maximum Gasteiger partial charge on any atom is -0.0414 e. The second kappa shape index (κ2) is 19.8. The lowest BCUT2D eigenvalue weighted by Crippen LogP contribution is -1.92. The standard InChI is InChI=1S/C26H52/c1-2-3-4-5-6-7-8-9-10-11-12-13-14-15-16-17-18-19-20-23-26-24-21-22-25-26/h26H,2-25H2,1H3. The second-order valence-electron chi connectivity index (χ2n) is 9.30. The maximum absolute atomic E-state index is 2.30. The van der Waals surface area contributed by atoms with Crippen LogP contribution in [0.3, 0.4) is 0 Å². The van der Waals surface area contributed by atoms with Gasteiger partial charge in [0.2, 0.25) is 0 Å². The van der Waals surface area contributed by atoms with E-state index >= 15 is 0 Å². The lowest BCUT2D eigenvalue weighted by Gasteiger charge is -2.08. The lowest BCUT2D eigenvalue weighted by atomic mass is 9.98. The highest BCUT2D eigenvalue weighted by Crippen LogP contribution is 2.29. The van der Waals surface area contributed by atoms with Gasteiger partial charge in [-0.3, -0.25) is 0 Å². The summed E-state index contributed by atoms with van der Waals surface area (Å²) in [5.74, 6) is 1.11. The fraction of sp³-hybridized carbons (Fsp3) is 1.00. The van der Waals surface area contributed by atoms with Gasteiger partial charge in [0.25, 0.3) is 0 Å². The molecule has 1 aliphatic carbocycles. The third-order valence-electron chi connectivity index (χ3n) is 6.69. The Balaban J connectivity index is 1.62. The van der Waals surface area contributed by atoms with E-state index in [1.54, 1.807) is 19.3 Å². The maximum atomic E-state index is 2.30. The highest BCUT2D eigenvalue weighted by Gasteiger charge is 2.13. The van der Waals surface area contributed by atoms with Crippen molar-refractivity contribution in [2.24, 2.45) is 5.92 Å². The zero-order chi connectivity index (χ0) is 18.5. The van der Waals surface area contributed by atoms with Crippen LogP contribution in [0.25, 0.3) is 0 Å². The monoisotopic (exact) mass is 364 g/mol. The van der Waals surface area contributed by atoms with E-state index in [2.05, 4.69) is 6.92 Å². The van der Waals surface area contributed by atoms with E-state index in [1.807, 2.05) is 0 Å². The summed E-state index contributed by atoms with van der Waals surface area (Å²) in [5.41, 5.74) is 0. The Kier molecular flexibility index (Phi) is 18.3. The van der Waals surface area contributed by atoms with Crippen LogP contribution in [-0.2, 0) is 0 Å². The van der Waals surface area contributed by atoms with Crippen molar-refractivity contribution in [1.82, 2.24) is 0 Å². The molecule has 0 unspecified atom stereocenters. The average molecular weight is 365 g/mol. The van der Waals surface area contributed by atoms with Gasteiger partial charge >= 0.3 is 0 Å². The normalized spacial score (nSPS) is 15.1. The van der Waals surface area contributed by atoms with Crippen LogP contribution in [0.5, 0.6) is 0 Å². The molecule has 0 saturated heterocycles. The summed E-state index contributed by atoms with van der Waals surface area (Å²) in [4.78, 5) is 0. The fourth-order valence-electron chi connectivity index (χ4n) is 4.81. The van der Waals surface area contributed by atoms with Crippen molar-refractivity contribution in [3.05, 3.63) is 0 Å². The predicted molar refractivity (Wildman–Crippen MR) is 120 cm³/mol. The average Bonchev–Trinajstić information content (AvgIpc) is 3.17. The quantitative estimate of drug-likeness (QED) is 0.188. The molecule has 1 saturated carbocycles. The summed E-state index contributed by atoms with van der Waals surface area (Å²) in [5, 5.41) is 0.